The summed E-state index contributed by atoms with van der Waals surface area (Å²) >= 11 is 0. The van der Waals surface area contributed by atoms with Crippen LogP contribution in [0.3, 0.4) is 0 Å². The third kappa shape index (κ3) is 41.8. The average molecular weight is 978 g/mol. The molecule has 0 aromatic rings. The first-order chi connectivity index (χ1) is 34.7. The van der Waals surface area contributed by atoms with Crippen molar-refractivity contribution in [2.24, 2.45) is 5.92 Å². The molecule has 1 rings (SSSR count). The van der Waals surface area contributed by atoms with Gasteiger partial charge in [-0.25, -0.2) is 0 Å². The van der Waals surface area contributed by atoms with Crippen molar-refractivity contribution in [2.45, 2.75) is 420 Å². The Morgan fingerprint density at radius 2 is 0.329 bits per heavy atom. The molecule has 0 heteroatoms. The molecular formula is C70H136. The summed E-state index contributed by atoms with van der Waals surface area (Å²) in [5, 5.41) is 0. The van der Waals surface area contributed by atoms with Gasteiger partial charge in [0.2, 0.25) is 0 Å². The van der Waals surface area contributed by atoms with Crippen LogP contribution in [-0.4, -0.2) is 0 Å². The molecule has 70 heavy (non-hydrogen) atoms. The van der Waals surface area contributed by atoms with Gasteiger partial charge in [0, 0.05) is 5.92 Å². The molecule has 0 aromatic heterocycles. The Balaban J connectivity index is 3.16. The van der Waals surface area contributed by atoms with E-state index in [0.29, 0.717) is 0 Å². The second kappa shape index (κ2) is 56.2. The van der Waals surface area contributed by atoms with Crippen LogP contribution in [0, 0.1) is 5.92 Å². The summed E-state index contributed by atoms with van der Waals surface area (Å²) in [4.78, 5) is 0. The molecule has 0 saturated heterocycles. The van der Waals surface area contributed by atoms with E-state index in [0.717, 1.165) is 5.92 Å². The van der Waals surface area contributed by atoms with Gasteiger partial charge >= 0.3 is 0 Å². The Morgan fingerprint density at radius 3 is 0.529 bits per heavy atom. The van der Waals surface area contributed by atoms with Gasteiger partial charge in [-0.05, 0) is 68.9 Å². The van der Waals surface area contributed by atoms with E-state index in [2.05, 4.69) is 34.6 Å². The first-order valence-electron chi connectivity index (χ1n) is 34.2. The molecule has 0 nitrogen and oxygen atoms in total. The van der Waals surface area contributed by atoms with E-state index in [1.165, 1.54) is 385 Å². The van der Waals surface area contributed by atoms with Gasteiger partial charge in [-0.2, -0.15) is 0 Å². The Bertz CT molecular complexity index is 1000. The molecule has 416 valence electrons. The Hall–Kier alpha value is -0.520. The number of rotatable bonds is 60. The molecule has 0 spiro atoms. The first kappa shape index (κ1) is 67.5. The standard InChI is InChI=1S/C70H136/c1-6-11-16-21-26-31-36-41-46-51-56-61-66-67(62-57-52-47-42-37-32-27-22-17-12-7-2)69(64-59-54-49-44-39-34-29-24-19-14-9-4)70(65-60-55-50-45-40-35-30-25-20-15-10-5)68(66)63-58-53-48-43-38-33-28-23-18-13-8-3/h66H,6-65H2,1-5H3. The summed E-state index contributed by atoms with van der Waals surface area (Å²) in [5.74, 6) is 0.801. The lowest BCUT2D eigenvalue weighted by Gasteiger charge is -2.21. The summed E-state index contributed by atoms with van der Waals surface area (Å²) in [6.45, 7) is 11.7. The maximum Gasteiger partial charge on any atom is 0.00188 e. The summed E-state index contributed by atoms with van der Waals surface area (Å²) in [6.07, 6.45) is 87.5. The molecule has 0 saturated carbocycles. The van der Waals surface area contributed by atoms with Gasteiger partial charge in [-0.15, -0.1) is 0 Å². The number of unbranched alkanes of at least 4 members (excludes halogenated alkanes) is 50. The summed E-state index contributed by atoms with van der Waals surface area (Å²) < 4.78 is 0. The van der Waals surface area contributed by atoms with Gasteiger partial charge in [0.1, 0.15) is 0 Å². The lowest BCUT2D eigenvalue weighted by Crippen LogP contribution is -2.07. The van der Waals surface area contributed by atoms with E-state index >= 15 is 0 Å². The van der Waals surface area contributed by atoms with Gasteiger partial charge in [0.15, 0.2) is 0 Å². The van der Waals surface area contributed by atoms with E-state index in [-0.39, 0.29) is 0 Å². The Labute approximate surface area is 446 Å². The third-order valence-corrected chi connectivity index (χ3v) is 17.2. The molecule has 0 atom stereocenters. The minimum absolute atomic E-state index is 0.801. The average Bonchev–Trinajstić information content (AvgIpc) is 3.64. The van der Waals surface area contributed by atoms with Crippen LogP contribution in [0.5, 0.6) is 0 Å². The molecule has 0 fully saturated rings. The molecular weight excluding hydrogens is 841 g/mol. The smallest absolute Gasteiger partial charge is 0.00188 e. The van der Waals surface area contributed by atoms with E-state index in [1.54, 1.807) is 0 Å². The van der Waals surface area contributed by atoms with Crippen LogP contribution >= 0.6 is 0 Å². The molecule has 0 heterocycles. The number of allylic oxidation sites excluding steroid dienone is 4. The van der Waals surface area contributed by atoms with Crippen LogP contribution in [0.25, 0.3) is 0 Å². The minimum Gasteiger partial charge on any atom is -0.0654 e. The van der Waals surface area contributed by atoms with Crippen molar-refractivity contribution in [1.82, 2.24) is 0 Å². The molecule has 0 unspecified atom stereocenters. The highest BCUT2D eigenvalue weighted by Crippen LogP contribution is 2.48. The van der Waals surface area contributed by atoms with Gasteiger partial charge in [0.05, 0.1) is 0 Å². The SMILES string of the molecule is CCCCCCCCCCCCCC1=C(CCCCCCCCCCCCC)C(CCCCCCCCCCCCC)C(CCCCCCCCCCCCC)=C1CCCCCCCCCCCCC. The lowest BCUT2D eigenvalue weighted by atomic mass is 9.84. The van der Waals surface area contributed by atoms with Crippen molar-refractivity contribution in [1.29, 1.82) is 0 Å². The fourth-order valence-corrected chi connectivity index (χ4v) is 12.5. The van der Waals surface area contributed by atoms with Crippen molar-refractivity contribution < 1.29 is 0 Å². The zero-order valence-corrected chi connectivity index (χ0v) is 50.0. The molecule has 1 aliphatic rings. The molecule has 0 radical (unpaired) electrons. The molecule has 0 aliphatic heterocycles. The maximum absolute atomic E-state index is 2.35. The second-order valence-electron chi connectivity index (χ2n) is 24.0. The molecule has 0 bridgehead atoms. The van der Waals surface area contributed by atoms with Crippen LogP contribution in [-0.2, 0) is 0 Å². The highest BCUT2D eigenvalue weighted by molar-refractivity contribution is 5.50. The first-order valence-corrected chi connectivity index (χ1v) is 34.2. The second-order valence-corrected chi connectivity index (χ2v) is 24.0. The zero-order valence-electron chi connectivity index (χ0n) is 50.0. The molecule has 0 N–H and O–H groups in total. The maximum atomic E-state index is 2.35. The van der Waals surface area contributed by atoms with Crippen LogP contribution in [0.4, 0.5) is 0 Å². The van der Waals surface area contributed by atoms with Crippen LogP contribution in [0.15, 0.2) is 22.3 Å². The van der Waals surface area contributed by atoms with Crippen molar-refractivity contribution in [3.8, 4) is 0 Å². The highest BCUT2D eigenvalue weighted by atomic mass is 14.4. The van der Waals surface area contributed by atoms with E-state index in [9.17, 15) is 0 Å². The number of hydrogen-bond acceptors (Lipinski definition) is 0. The van der Waals surface area contributed by atoms with E-state index < -0.39 is 0 Å². The quantitative estimate of drug-likeness (QED) is 0.0533. The third-order valence-electron chi connectivity index (χ3n) is 17.2. The van der Waals surface area contributed by atoms with Gasteiger partial charge < -0.3 is 0 Å². The lowest BCUT2D eigenvalue weighted by molar-refractivity contribution is 0.499. The van der Waals surface area contributed by atoms with Crippen molar-refractivity contribution in [2.75, 3.05) is 0 Å². The summed E-state index contributed by atoms with van der Waals surface area (Å²) in [6, 6.07) is 0. The van der Waals surface area contributed by atoms with E-state index in [4.69, 9.17) is 0 Å². The normalized spacial score (nSPS) is 13.3. The number of hydrogen-bond donors (Lipinski definition) is 0. The van der Waals surface area contributed by atoms with Crippen LogP contribution in [0.1, 0.15) is 420 Å². The molecule has 1 aliphatic carbocycles. The molecule has 0 amide bonds. The summed E-state index contributed by atoms with van der Waals surface area (Å²) in [5.41, 5.74) is 7.99. The van der Waals surface area contributed by atoms with Crippen molar-refractivity contribution >= 4 is 0 Å². The highest BCUT2D eigenvalue weighted by Gasteiger charge is 2.32. The Kier molecular flexibility index (Phi) is 54.2. The molecule has 0 aromatic carbocycles. The van der Waals surface area contributed by atoms with E-state index in [1.807, 2.05) is 22.3 Å². The van der Waals surface area contributed by atoms with Crippen LogP contribution in [0.2, 0.25) is 0 Å². The van der Waals surface area contributed by atoms with Gasteiger partial charge in [-0.1, -0.05) is 373 Å². The fraction of sp³-hybridized carbons (Fsp3) is 0.943. The van der Waals surface area contributed by atoms with Crippen molar-refractivity contribution in [3.63, 3.8) is 0 Å². The largest absolute Gasteiger partial charge is 0.0654 e. The monoisotopic (exact) mass is 977 g/mol. The van der Waals surface area contributed by atoms with Gasteiger partial charge in [-0.3, -0.25) is 0 Å². The Morgan fingerprint density at radius 1 is 0.171 bits per heavy atom. The minimum atomic E-state index is 0.801. The zero-order chi connectivity index (χ0) is 50.3. The topological polar surface area (TPSA) is 0 Å². The van der Waals surface area contributed by atoms with Gasteiger partial charge in [0.25, 0.3) is 0 Å². The summed E-state index contributed by atoms with van der Waals surface area (Å²) in [7, 11) is 0. The predicted molar refractivity (Wildman–Crippen MR) is 323 cm³/mol. The van der Waals surface area contributed by atoms with Crippen molar-refractivity contribution in [3.05, 3.63) is 22.3 Å². The fourth-order valence-electron chi connectivity index (χ4n) is 12.5. The predicted octanol–water partition coefficient (Wildman–Crippen LogP) is 26.7. The van der Waals surface area contributed by atoms with Crippen LogP contribution < -0.4 is 0 Å².